The van der Waals surface area contributed by atoms with Gasteiger partial charge in [-0.2, -0.15) is 12.6 Å². The monoisotopic (exact) mass is 178 g/mol. The molecule has 0 aromatic heterocycles. The van der Waals surface area contributed by atoms with E-state index in [4.69, 9.17) is 4.43 Å². The summed E-state index contributed by atoms with van der Waals surface area (Å²) in [4.78, 5) is 0. The molecule has 0 aliphatic carbocycles. The zero-order chi connectivity index (χ0) is 8.04. The van der Waals surface area contributed by atoms with Crippen LogP contribution in [-0.4, -0.2) is 21.8 Å². The molecule has 0 bridgehead atoms. The van der Waals surface area contributed by atoms with Crippen LogP contribution in [0.2, 0.25) is 0 Å². The Bertz CT molecular complexity index is 83.7. The average molecular weight is 178 g/mol. The van der Waals surface area contributed by atoms with Gasteiger partial charge >= 0.3 is 0 Å². The average Bonchev–Trinajstić information content (AvgIpc) is 2.00. The molecule has 0 radical (unpaired) electrons. The minimum absolute atomic E-state index is 0.148. The lowest BCUT2D eigenvalue weighted by Crippen LogP contribution is -2.26. The van der Waals surface area contributed by atoms with Crippen LogP contribution < -0.4 is 0 Å². The highest BCUT2D eigenvalue weighted by Crippen LogP contribution is 2.20. The molecule has 1 nitrogen and oxygen atoms in total. The summed E-state index contributed by atoms with van der Waals surface area (Å²) in [5.74, 6) is 0.973. The highest BCUT2D eigenvalue weighted by molar-refractivity contribution is 7.80. The molecular formula is C7H18OSSi. The Morgan fingerprint density at radius 1 is 1.60 bits per heavy atom. The van der Waals surface area contributed by atoms with Gasteiger partial charge in [0.15, 0.2) is 0 Å². The van der Waals surface area contributed by atoms with Crippen molar-refractivity contribution < 1.29 is 4.43 Å². The number of hydrogen-bond acceptors (Lipinski definition) is 2. The summed E-state index contributed by atoms with van der Waals surface area (Å²) in [5, 5.41) is 0. The van der Waals surface area contributed by atoms with Crippen molar-refractivity contribution >= 4 is 23.1 Å². The van der Waals surface area contributed by atoms with E-state index in [2.05, 4.69) is 26.5 Å². The number of rotatable bonds is 5. The molecule has 0 aliphatic rings. The quantitative estimate of drug-likeness (QED) is 0.491. The summed E-state index contributed by atoms with van der Waals surface area (Å²) in [6, 6.07) is 0. The second kappa shape index (κ2) is 5.21. The smallest absolute Gasteiger partial charge is 0.146 e. The SMILES string of the molecule is CCC(C)(CCCS)O[SiH3]. The molecule has 0 amide bonds. The molecule has 0 spiro atoms. The fraction of sp³-hybridized carbons (Fsp3) is 1.00. The molecule has 62 valence electrons. The molecule has 0 heterocycles. The van der Waals surface area contributed by atoms with Crippen molar-refractivity contribution in [1.82, 2.24) is 0 Å². The van der Waals surface area contributed by atoms with Gasteiger partial charge in [0.25, 0.3) is 0 Å². The second-order valence-electron chi connectivity index (χ2n) is 2.83. The summed E-state index contributed by atoms with van der Waals surface area (Å²) in [6.45, 7) is 4.36. The van der Waals surface area contributed by atoms with Crippen LogP contribution in [0.5, 0.6) is 0 Å². The molecule has 1 unspecified atom stereocenters. The van der Waals surface area contributed by atoms with Crippen molar-refractivity contribution in [2.45, 2.75) is 38.7 Å². The van der Waals surface area contributed by atoms with Gasteiger partial charge < -0.3 is 4.43 Å². The Morgan fingerprint density at radius 3 is 2.50 bits per heavy atom. The van der Waals surface area contributed by atoms with Crippen LogP contribution in [0.25, 0.3) is 0 Å². The summed E-state index contributed by atoms with van der Waals surface area (Å²) in [5.41, 5.74) is 0.148. The fourth-order valence-electron chi connectivity index (χ4n) is 0.876. The van der Waals surface area contributed by atoms with Gasteiger partial charge in [-0.05, 0) is 31.9 Å². The first-order valence-electron chi connectivity index (χ1n) is 3.84. The standard InChI is InChI=1S/C7H18OSSi/c1-3-7(2,8-10)5-4-6-9/h9H,3-6H2,1-2,10H3. The van der Waals surface area contributed by atoms with Gasteiger partial charge in [0.2, 0.25) is 0 Å². The first-order chi connectivity index (χ1) is 4.68. The fourth-order valence-corrected chi connectivity index (χ4v) is 1.53. The lowest BCUT2D eigenvalue weighted by atomic mass is 9.98. The van der Waals surface area contributed by atoms with Gasteiger partial charge in [-0.3, -0.25) is 0 Å². The summed E-state index contributed by atoms with van der Waals surface area (Å²) in [7, 11) is 0.848. The van der Waals surface area contributed by atoms with E-state index in [1.807, 2.05) is 0 Å². The molecule has 3 heteroatoms. The van der Waals surface area contributed by atoms with Crippen molar-refractivity contribution in [1.29, 1.82) is 0 Å². The number of thiol groups is 1. The van der Waals surface area contributed by atoms with Crippen LogP contribution >= 0.6 is 12.6 Å². The van der Waals surface area contributed by atoms with Crippen LogP contribution in [0.4, 0.5) is 0 Å². The van der Waals surface area contributed by atoms with Crippen LogP contribution in [0.15, 0.2) is 0 Å². The summed E-state index contributed by atoms with van der Waals surface area (Å²) in [6.07, 6.45) is 3.43. The van der Waals surface area contributed by atoms with E-state index in [9.17, 15) is 0 Å². The third kappa shape index (κ3) is 3.64. The van der Waals surface area contributed by atoms with E-state index in [1.54, 1.807) is 0 Å². The van der Waals surface area contributed by atoms with E-state index >= 15 is 0 Å². The van der Waals surface area contributed by atoms with Gasteiger partial charge in [-0.1, -0.05) is 6.92 Å². The minimum Gasteiger partial charge on any atom is -0.423 e. The molecule has 0 saturated carbocycles. The van der Waals surface area contributed by atoms with Gasteiger partial charge in [0.1, 0.15) is 10.5 Å². The molecule has 0 N–H and O–H groups in total. The Kier molecular flexibility index (Phi) is 5.49. The molecule has 1 atom stereocenters. The van der Waals surface area contributed by atoms with Crippen LogP contribution in [0.3, 0.4) is 0 Å². The predicted molar refractivity (Wildman–Crippen MR) is 52.8 cm³/mol. The second-order valence-corrected chi connectivity index (χ2v) is 3.69. The predicted octanol–water partition coefficient (Wildman–Crippen LogP) is 1.16. The topological polar surface area (TPSA) is 9.23 Å². The number of hydrogen-bond donors (Lipinski definition) is 1. The van der Waals surface area contributed by atoms with E-state index < -0.39 is 0 Å². The Hall–Kier alpha value is 0.527. The van der Waals surface area contributed by atoms with Crippen LogP contribution in [-0.2, 0) is 4.43 Å². The maximum absolute atomic E-state index is 5.49. The highest BCUT2D eigenvalue weighted by atomic mass is 32.1. The Labute approximate surface area is 72.5 Å². The van der Waals surface area contributed by atoms with E-state index in [-0.39, 0.29) is 5.60 Å². The van der Waals surface area contributed by atoms with Crippen molar-refractivity contribution in [2.24, 2.45) is 0 Å². The largest absolute Gasteiger partial charge is 0.423 e. The molecule has 10 heavy (non-hydrogen) atoms. The van der Waals surface area contributed by atoms with Crippen LogP contribution in [0.1, 0.15) is 33.1 Å². The van der Waals surface area contributed by atoms with Crippen molar-refractivity contribution in [3.63, 3.8) is 0 Å². The lowest BCUT2D eigenvalue weighted by Gasteiger charge is -2.27. The maximum atomic E-state index is 5.49. The summed E-state index contributed by atoms with van der Waals surface area (Å²) < 4.78 is 5.49. The van der Waals surface area contributed by atoms with E-state index in [1.165, 1.54) is 0 Å². The van der Waals surface area contributed by atoms with Crippen molar-refractivity contribution in [2.75, 3.05) is 5.75 Å². The summed E-state index contributed by atoms with van der Waals surface area (Å²) >= 11 is 4.17. The molecule has 0 fully saturated rings. The minimum atomic E-state index is 0.148. The third-order valence-electron chi connectivity index (χ3n) is 2.10. The van der Waals surface area contributed by atoms with Gasteiger partial charge in [0, 0.05) is 0 Å². The molecule has 0 aromatic rings. The highest BCUT2D eigenvalue weighted by Gasteiger charge is 2.18. The first kappa shape index (κ1) is 10.5. The zero-order valence-electron chi connectivity index (χ0n) is 7.18. The van der Waals surface area contributed by atoms with Crippen molar-refractivity contribution in [3.8, 4) is 0 Å². The molecule has 0 aliphatic heterocycles. The Morgan fingerprint density at radius 2 is 2.20 bits per heavy atom. The Balaban J connectivity index is 3.58. The first-order valence-corrected chi connectivity index (χ1v) is 5.29. The normalized spacial score (nSPS) is 17.1. The molecule has 0 rings (SSSR count). The zero-order valence-corrected chi connectivity index (χ0v) is 10.1. The van der Waals surface area contributed by atoms with Crippen molar-refractivity contribution in [3.05, 3.63) is 0 Å². The molecular weight excluding hydrogens is 160 g/mol. The lowest BCUT2D eigenvalue weighted by molar-refractivity contribution is 0.0861. The van der Waals surface area contributed by atoms with Crippen LogP contribution in [0, 0.1) is 0 Å². The van der Waals surface area contributed by atoms with E-state index in [0.717, 1.165) is 35.5 Å². The van der Waals surface area contributed by atoms with Gasteiger partial charge in [-0.25, -0.2) is 0 Å². The van der Waals surface area contributed by atoms with Gasteiger partial charge in [0.05, 0.1) is 5.60 Å². The third-order valence-corrected chi connectivity index (χ3v) is 3.41. The molecule has 0 saturated heterocycles. The van der Waals surface area contributed by atoms with Gasteiger partial charge in [-0.15, -0.1) is 0 Å². The molecule has 0 aromatic carbocycles. The van der Waals surface area contributed by atoms with E-state index in [0.29, 0.717) is 0 Å². The maximum Gasteiger partial charge on any atom is 0.146 e.